The minimum absolute atomic E-state index is 0.104. The zero-order valence-electron chi connectivity index (χ0n) is 8.37. The molecule has 1 heterocycles. The molecular formula is C11H14N2O. The topological polar surface area (TPSA) is 55.1 Å². The van der Waals surface area contributed by atoms with Crippen molar-refractivity contribution in [1.29, 1.82) is 0 Å². The highest BCUT2D eigenvalue weighted by Crippen LogP contribution is 2.35. The van der Waals surface area contributed by atoms with Gasteiger partial charge in [0, 0.05) is 11.3 Å². The molecule has 0 fully saturated rings. The Hall–Kier alpha value is -1.35. The van der Waals surface area contributed by atoms with Gasteiger partial charge in [-0.05, 0) is 11.5 Å². The molecule has 3 nitrogen and oxygen atoms in total. The van der Waals surface area contributed by atoms with Crippen LogP contribution in [0, 0.1) is 0 Å². The molecule has 1 atom stereocenters. The molecule has 1 amide bonds. The number of hydrogen-bond acceptors (Lipinski definition) is 2. The van der Waals surface area contributed by atoms with Crippen LogP contribution in [-0.4, -0.2) is 5.91 Å². The lowest BCUT2D eigenvalue weighted by molar-refractivity contribution is -0.116. The van der Waals surface area contributed by atoms with Crippen LogP contribution in [-0.2, 0) is 4.79 Å². The van der Waals surface area contributed by atoms with E-state index < -0.39 is 6.04 Å². The van der Waals surface area contributed by atoms with Crippen molar-refractivity contribution < 1.29 is 4.79 Å². The number of fused-ring (bicyclic) bond motifs is 1. The van der Waals surface area contributed by atoms with E-state index in [-0.39, 0.29) is 5.91 Å². The van der Waals surface area contributed by atoms with Gasteiger partial charge in [0.15, 0.2) is 0 Å². The predicted molar refractivity (Wildman–Crippen MR) is 56.1 cm³/mol. The summed E-state index contributed by atoms with van der Waals surface area (Å²) in [5.41, 5.74) is 8.74. The third-order valence-electron chi connectivity index (χ3n) is 2.62. The van der Waals surface area contributed by atoms with Crippen molar-refractivity contribution in [3.63, 3.8) is 0 Å². The highest BCUT2D eigenvalue weighted by atomic mass is 16.2. The van der Waals surface area contributed by atoms with Crippen molar-refractivity contribution in [1.82, 2.24) is 0 Å². The van der Waals surface area contributed by atoms with Crippen molar-refractivity contribution in [3.05, 3.63) is 29.3 Å². The maximum absolute atomic E-state index is 11.4. The second-order valence-electron chi connectivity index (χ2n) is 3.93. The average Bonchev–Trinajstić information content (AvgIpc) is 2.43. The Morgan fingerprint density at radius 2 is 2.14 bits per heavy atom. The standard InChI is InChI=1S/C11H14N2O/c1-6(2)7-4-3-5-8-9(12)11(14)13-10(7)8/h3-6,9H,12H2,1-2H3,(H,13,14)/t9-/m1/s1. The SMILES string of the molecule is CC(C)c1cccc2c1NC(=O)[C@@H]2N. The second-order valence-corrected chi connectivity index (χ2v) is 3.93. The van der Waals surface area contributed by atoms with E-state index in [2.05, 4.69) is 19.2 Å². The van der Waals surface area contributed by atoms with Gasteiger partial charge in [-0.15, -0.1) is 0 Å². The van der Waals surface area contributed by atoms with Crippen LogP contribution >= 0.6 is 0 Å². The summed E-state index contributed by atoms with van der Waals surface area (Å²) in [6, 6.07) is 5.39. The molecule has 1 aromatic carbocycles. The Bertz CT molecular complexity index is 385. The first kappa shape index (κ1) is 9.21. The van der Waals surface area contributed by atoms with E-state index in [0.29, 0.717) is 5.92 Å². The van der Waals surface area contributed by atoms with Gasteiger partial charge in [-0.2, -0.15) is 0 Å². The van der Waals surface area contributed by atoms with E-state index in [9.17, 15) is 4.79 Å². The molecule has 1 aliphatic heterocycles. The lowest BCUT2D eigenvalue weighted by Crippen LogP contribution is -2.19. The van der Waals surface area contributed by atoms with Crippen molar-refractivity contribution in [2.24, 2.45) is 5.73 Å². The minimum Gasteiger partial charge on any atom is -0.324 e. The average molecular weight is 190 g/mol. The maximum Gasteiger partial charge on any atom is 0.245 e. The molecule has 0 bridgehead atoms. The third kappa shape index (κ3) is 1.21. The van der Waals surface area contributed by atoms with Crippen molar-refractivity contribution in [3.8, 4) is 0 Å². The van der Waals surface area contributed by atoms with Gasteiger partial charge in [-0.1, -0.05) is 32.0 Å². The number of nitrogens with one attached hydrogen (secondary N) is 1. The molecule has 1 aliphatic rings. The number of nitrogens with two attached hydrogens (primary N) is 1. The van der Waals surface area contributed by atoms with Gasteiger partial charge in [-0.3, -0.25) is 4.79 Å². The normalized spacial score (nSPS) is 19.7. The fourth-order valence-electron chi connectivity index (χ4n) is 1.82. The monoisotopic (exact) mass is 190 g/mol. The molecule has 0 saturated carbocycles. The maximum atomic E-state index is 11.4. The van der Waals surface area contributed by atoms with E-state index >= 15 is 0 Å². The van der Waals surface area contributed by atoms with Crippen LogP contribution in [0.15, 0.2) is 18.2 Å². The number of anilines is 1. The molecule has 0 unspecified atom stereocenters. The summed E-state index contributed by atoms with van der Waals surface area (Å²) in [7, 11) is 0. The smallest absolute Gasteiger partial charge is 0.245 e. The molecule has 0 radical (unpaired) electrons. The molecule has 3 heteroatoms. The van der Waals surface area contributed by atoms with Gasteiger partial charge in [0.25, 0.3) is 0 Å². The Balaban J connectivity index is 2.55. The molecule has 2 rings (SSSR count). The lowest BCUT2D eigenvalue weighted by Gasteiger charge is -2.10. The third-order valence-corrected chi connectivity index (χ3v) is 2.62. The fraction of sp³-hybridized carbons (Fsp3) is 0.364. The summed E-state index contributed by atoms with van der Waals surface area (Å²) in [5, 5.41) is 2.83. The summed E-state index contributed by atoms with van der Waals surface area (Å²) in [6.07, 6.45) is 0. The van der Waals surface area contributed by atoms with E-state index in [1.54, 1.807) is 0 Å². The largest absolute Gasteiger partial charge is 0.324 e. The second kappa shape index (κ2) is 3.10. The summed E-state index contributed by atoms with van der Waals surface area (Å²) < 4.78 is 0. The Kier molecular flexibility index (Phi) is 2.04. The van der Waals surface area contributed by atoms with E-state index in [4.69, 9.17) is 5.73 Å². The molecule has 0 aromatic heterocycles. The molecule has 0 spiro atoms. The van der Waals surface area contributed by atoms with Crippen molar-refractivity contribution >= 4 is 11.6 Å². The van der Waals surface area contributed by atoms with Gasteiger partial charge in [-0.25, -0.2) is 0 Å². The zero-order chi connectivity index (χ0) is 10.3. The van der Waals surface area contributed by atoms with E-state index in [0.717, 1.165) is 16.8 Å². The van der Waals surface area contributed by atoms with E-state index in [1.807, 2.05) is 18.2 Å². The van der Waals surface area contributed by atoms with Crippen molar-refractivity contribution in [2.75, 3.05) is 5.32 Å². The van der Waals surface area contributed by atoms with Gasteiger partial charge >= 0.3 is 0 Å². The molecular weight excluding hydrogens is 176 g/mol. The molecule has 0 aliphatic carbocycles. The fourth-order valence-corrected chi connectivity index (χ4v) is 1.82. The van der Waals surface area contributed by atoms with Gasteiger partial charge in [0.1, 0.15) is 6.04 Å². The number of para-hydroxylation sites is 1. The highest BCUT2D eigenvalue weighted by molar-refractivity contribution is 6.03. The number of benzene rings is 1. The van der Waals surface area contributed by atoms with Crippen LogP contribution in [0.3, 0.4) is 0 Å². The first-order valence-electron chi connectivity index (χ1n) is 4.80. The number of carbonyl (C=O) groups is 1. The van der Waals surface area contributed by atoms with Crippen LogP contribution in [0.2, 0.25) is 0 Å². The molecule has 0 saturated heterocycles. The van der Waals surface area contributed by atoms with Crippen LogP contribution < -0.4 is 11.1 Å². The zero-order valence-corrected chi connectivity index (χ0v) is 8.37. The van der Waals surface area contributed by atoms with Gasteiger partial charge < -0.3 is 11.1 Å². The van der Waals surface area contributed by atoms with Crippen molar-refractivity contribution in [2.45, 2.75) is 25.8 Å². The number of rotatable bonds is 1. The first-order chi connectivity index (χ1) is 6.61. The molecule has 3 N–H and O–H groups in total. The predicted octanol–water partition coefficient (Wildman–Crippen LogP) is 1.76. The van der Waals surface area contributed by atoms with E-state index in [1.165, 1.54) is 0 Å². The molecule has 14 heavy (non-hydrogen) atoms. The van der Waals surface area contributed by atoms with Crippen LogP contribution in [0.1, 0.15) is 36.9 Å². The first-order valence-corrected chi connectivity index (χ1v) is 4.80. The Morgan fingerprint density at radius 1 is 1.43 bits per heavy atom. The molecule has 74 valence electrons. The number of amides is 1. The van der Waals surface area contributed by atoms with Gasteiger partial charge in [0.05, 0.1) is 0 Å². The Labute approximate surface area is 83.3 Å². The summed E-state index contributed by atoms with van der Waals surface area (Å²) in [5.74, 6) is 0.295. The van der Waals surface area contributed by atoms with Crippen LogP contribution in [0.25, 0.3) is 0 Å². The van der Waals surface area contributed by atoms with Crippen LogP contribution in [0.4, 0.5) is 5.69 Å². The number of carbonyl (C=O) groups excluding carboxylic acids is 1. The molecule has 1 aromatic rings. The summed E-state index contributed by atoms with van der Waals surface area (Å²) in [4.78, 5) is 11.4. The highest BCUT2D eigenvalue weighted by Gasteiger charge is 2.29. The minimum atomic E-state index is -0.497. The lowest BCUT2D eigenvalue weighted by atomic mass is 9.97. The quantitative estimate of drug-likeness (QED) is 0.709. The van der Waals surface area contributed by atoms with Crippen LogP contribution in [0.5, 0.6) is 0 Å². The Morgan fingerprint density at radius 3 is 2.79 bits per heavy atom. The summed E-state index contributed by atoms with van der Waals surface area (Å²) in [6.45, 7) is 4.21. The number of hydrogen-bond donors (Lipinski definition) is 2. The summed E-state index contributed by atoms with van der Waals surface area (Å²) >= 11 is 0. The van der Waals surface area contributed by atoms with Gasteiger partial charge in [0.2, 0.25) is 5.91 Å².